The van der Waals surface area contributed by atoms with Gasteiger partial charge >= 0.3 is 0 Å². The fourth-order valence-electron chi connectivity index (χ4n) is 6.57. The number of anilines is 1. The fraction of sp³-hybridized carbons (Fsp3) is 0.630. The van der Waals surface area contributed by atoms with E-state index >= 15 is 0 Å². The smallest absolute Gasteiger partial charge is 0.258 e. The maximum Gasteiger partial charge on any atom is 0.258 e. The first-order valence-electron chi connectivity index (χ1n) is 13.2. The Bertz CT molecular complexity index is 1180. The van der Waals surface area contributed by atoms with E-state index in [4.69, 9.17) is 14.0 Å². The Labute approximate surface area is 200 Å². The van der Waals surface area contributed by atoms with Crippen LogP contribution in [0.5, 0.6) is 0 Å². The summed E-state index contributed by atoms with van der Waals surface area (Å²) in [6, 6.07) is 8.81. The molecule has 2 bridgehead atoms. The maximum absolute atomic E-state index is 5.85. The highest BCUT2D eigenvalue weighted by atomic mass is 16.5. The van der Waals surface area contributed by atoms with Crippen molar-refractivity contribution in [2.45, 2.75) is 94.4 Å². The van der Waals surface area contributed by atoms with Gasteiger partial charge in [0.2, 0.25) is 5.89 Å². The van der Waals surface area contributed by atoms with Gasteiger partial charge in [-0.15, -0.1) is 0 Å². The number of hydrogen-bond acceptors (Lipinski definition) is 7. The minimum Gasteiger partial charge on any atom is -0.382 e. The van der Waals surface area contributed by atoms with Crippen LogP contribution in [-0.2, 0) is 5.41 Å². The number of hydrogen-bond donors (Lipinski definition) is 1. The van der Waals surface area contributed by atoms with E-state index in [1.165, 1.54) is 57.8 Å². The Hall–Kier alpha value is -2.70. The molecule has 7 rings (SSSR count). The summed E-state index contributed by atoms with van der Waals surface area (Å²) in [5, 5.41) is 12.3. The zero-order valence-electron chi connectivity index (χ0n) is 19.9. The summed E-state index contributed by atoms with van der Waals surface area (Å²) < 4.78 is 11.4. The monoisotopic (exact) mass is 459 g/mol. The first-order valence-corrected chi connectivity index (χ1v) is 13.2. The standard InChI is InChI=1S/C27H33N5O2/c1-16(28-21-6-2-4-19(14-21)25-29-23(31-33-25)17-7-8-17)22-11-13-27(12-3-5-20(22)15-27)26-30-24(32-34-26)18-9-10-18/h2,4,6,14,16-18,20,22,28H,3,5,7-13,15H2,1H3. The lowest BCUT2D eigenvalue weighted by Gasteiger charge is -2.48. The second-order valence-corrected chi connectivity index (χ2v) is 11.3. The largest absolute Gasteiger partial charge is 0.382 e. The summed E-state index contributed by atoms with van der Waals surface area (Å²) in [5.41, 5.74) is 2.21. The van der Waals surface area contributed by atoms with E-state index in [9.17, 15) is 0 Å². The molecule has 0 saturated heterocycles. The van der Waals surface area contributed by atoms with Gasteiger partial charge in [0.1, 0.15) is 0 Å². The molecule has 4 fully saturated rings. The fourth-order valence-corrected chi connectivity index (χ4v) is 6.57. The van der Waals surface area contributed by atoms with Gasteiger partial charge in [-0.3, -0.25) is 0 Å². The lowest BCUT2D eigenvalue weighted by Crippen LogP contribution is -2.45. The normalized spacial score (nSPS) is 29.7. The molecular weight excluding hydrogens is 426 g/mol. The van der Waals surface area contributed by atoms with E-state index in [1.807, 2.05) is 0 Å². The average Bonchev–Trinajstić information content (AvgIpc) is 3.78. The summed E-state index contributed by atoms with van der Waals surface area (Å²) in [7, 11) is 0. The molecule has 1 aromatic carbocycles. The van der Waals surface area contributed by atoms with Gasteiger partial charge in [0.25, 0.3) is 5.89 Å². The molecule has 4 aliphatic rings. The van der Waals surface area contributed by atoms with Gasteiger partial charge in [0.05, 0.1) is 0 Å². The van der Waals surface area contributed by atoms with Crippen LogP contribution < -0.4 is 5.32 Å². The van der Waals surface area contributed by atoms with Crippen LogP contribution >= 0.6 is 0 Å². The highest BCUT2D eigenvalue weighted by Crippen LogP contribution is 2.53. The Balaban J connectivity index is 1.05. The molecule has 4 unspecified atom stereocenters. The molecule has 0 radical (unpaired) electrons. The van der Waals surface area contributed by atoms with Gasteiger partial charge < -0.3 is 14.4 Å². The summed E-state index contributed by atoms with van der Waals surface area (Å²) in [5.74, 6) is 5.75. The summed E-state index contributed by atoms with van der Waals surface area (Å²) in [4.78, 5) is 9.51. The number of aromatic nitrogens is 4. The minimum atomic E-state index is 0.108. The number of fused-ring (bicyclic) bond motifs is 2. The molecule has 7 nitrogen and oxygen atoms in total. The number of nitrogens with one attached hydrogen (secondary N) is 1. The van der Waals surface area contributed by atoms with Crippen LogP contribution in [0.2, 0.25) is 0 Å². The van der Waals surface area contributed by atoms with Crippen LogP contribution in [0.3, 0.4) is 0 Å². The molecular formula is C27H33N5O2. The molecule has 2 aromatic heterocycles. The third-order valence-electron chi connectivity index (χ3n) is 8.81. The van der Waals surface area contributed by atoms with E-state index in [0.29, 0.717) is 35.6 Å². The predicted molar refractivity (Wildman–Crippen MR) is 127 cm³/mol. The number of nitrogens with zero attached hydrogens (tertiary/aromatic N) is 4. The second kappa shape index (κ2) is 7.92. The molecule has 1 N–H and O–H groups in total. The summed E-state index contributed by atoms with van der Waals surface area (Å²) in [6.45, 7) is 2.34. The molecule has 2 heterocycles. The minimum absolute atomic E-state index is 0.108. The molecule has 178 valence electrons. The van der Waals surface area contributed by atoms with Crippen molar-refractivity contribution in [1.29, 1.82) is 0 Å². The van der Waals surface area contributed by atoms with Gasteiger partial charge in [0, 0.05) is 34.5 Å². The molecule has 0 amide bonds. The third-order valence-corrected chi connectivity index (χ3v) is 8.81. The number of benzene rings is 1. The topological polar surface area (TPSA) is 89.9 Å². The van der Waals surface area contributed by atoms with E-state index in [-0.39, 0.29) is 5.41 Å². The van der Waals surface area contributed by atoms with Gasteiger partial charge in [-0.1, -0.05) is 29.2 Å². The van der Waals surface area contributed by atoms with E-state index in [1.54, 1.807) is 0 Å². The van der Waals surface area contributed by atoms with Crippen molar-refractivity contribution in [1.82, 2.24) is 20.3 Å². The SMILES string of the molecule is CC(Nc1cccc(-c2nc(C3CC3)no2)c1)C1CCC2(c3nc(C4CC4)no3)CCCC1C2. The highest BCUT2D eigenvalue weighted by molar-refractivity contribution is 5.61. The number of rotatable bonds is 7. The van der Waals surface area contributed by atoms with Crippen molar-refractivity contribution < 1.29 is 9.05 Å². The van der Waals surface area contributed by atoms with Gasteiger partial charge in [-0.25, -0.2) is 0 Å². The molecule has 0 aliphatic heterocycles. The van der Waals surface area contributed by atoms with Gasteiger partial charge in [0.15, 0.2) is 11.6 Å². The molecule has 7 heteroatoms. The van der Waals surface area contributed by atoms with Crippen molar-refractivity contribution in [2.75, 3.05) is 5.32 Å². The quantitative estimate of drug-likeness (QED) is 0.449. The summed E-state index contributed by atoms with van der Waals surface area (Å²) in [6.07, 6.45) is 12.1. The third kappa shape index (κ3) is 3.73. The van der Waals surface area contributed by atoms with Crippen LogP contribution in [0.1, 0.15) is 101 Å². The Morgan fingerprint density at radius 3 is 2.56 bits per heavy atom. The molecule has 4 aliphatic carbocycles. The van der Waals surface area contributed by atoms with Crippen molar-refractivity contribution >= 4 is 5.69 Å². The Morgan fingerprint density at radius 1 is 0.941 bits per heavy atom. The van der Waals surface area contributed by atoms with Crippen LogP contribution in [0.25, 0.3) is 11.5 Å². The van der Waals surface area contributed by atoms with Gasteiger partial charge in [-0.05, 0) is 88.3 Å². The highest BCUT2D eigenvalue weighted by Gasteiger charge is 2.49. The van der Waals surface area contributed by atoms with Gasteiger partial charge in [-0.2, -0.15) is 9.97 Å². The van der Waals surface area contributed by atoms with E-state index in [2.05, 4.69) is 51.8 Å². The molecule has 0 spiro atoms. The van der Waals surface area contributed by atoms with Crippen molar-refractivity contribution in [3.8, 4) is 11.5 Å². The molecule has 3 aromatic rings. The maximum atomic E-state index is 5.85. The van der Waals surface area contributed by atoms with Crippen LogP contribution in [0, 0.1) is 11.8 Å². The molecule has 4 saturated carbocycles. The molecule has 4 atom stereocenters. The summed E-state index contributed by atoms with van der Waals surface area (Å²) >= 11 is 0. The van der Waals surface area contributed by atoms with Crippen LogP contribution in [0.15, 0.2) is 33.3 Å². The van der Waals surface area contributed by atoms with Crippen LogP contribution in [0.4, 0.5) is 5.69 Å². The zero-order valence-corrected chi connectivity index (χ0v) is 19.9. The Morgan fingerprint density at radius 2 is 1.74 bits per heavy atom. The predicted octanol–water partition coefficient (Wildman–Crippen LogP) is 6.21. The molecule has 34 heavy (non-hydrogen) atoms. The van der Waals surface area contributed by atoms with Crippen molar-refractivity contribution in [2.24, 2.45) is 11.8 Å². The first-order chi connectivity index (χ1) is 16.7. The van der Waals surface area contributed by atoms with Crippen molar-refractivity contribution in [3.63, 3.8) is 0 Å². The first kappa shape index (κ1) is 20.7. The second-order valence-electron chi connectivity index (χ2n) is 11.3. The zero-order chi connectivity index (χ0) is 22.7. The van der Waals surface area contributed by atoms with Crippen molar-refractivity contribution in [3.05, 3.63) is 41.8 Å². The Kier molecular flexibility index (Phi) is 4.81. The lowest BCUT2D eigenvalue weighted by molar-refractivity contribution is 0.0617. The van der Waals surface area contributed by atoms with E-state index in [0.717, 1.165) is 35.2 Å². The van der Waals surface area contributed by atoms with E-state index < -0.39 is 0 Å². The lowest BCUT2D eigenvalue weighted by atomic mass is 9.57. The van der Waals surface area contributed by atoms with Crippen LogP contribution in [-0.4, -0.2) is 26.3 Å². The average molecular weight is 460 g/mol.